The zero-order valence-electron chi connectivity index (χ0n) is 14.2. The van der Waals surface area contributed by atoms with E-state index in [-0.39, 0.29) is 11.8 Å². The van der Waals surface area contributed by atoms with Crippen LogP contribution in [0.3, 0.4) is 0 Å². The SMILES string of the molecule is CN1O[C@H](c2cccc([N+](=O)[O-])c2)CC1(Cn1ccnc1)c1ccco1. The molecular weight excluding hydrogens is 336 g/mol. The van der Waals surface area contributed by atoms with Crippen molar-refractivity contribution < 1.29 is 14.2 Å². The van der Waals surface area contributed by atoms with Crippen molar-refractivity contribution in [3.63, 3.8) is 0 Å². The predicted molar refractivity (Wildman–Crippen MR) is 91.9 cm³/mol. The lowest BCUT2D eigenvalue weighted by Gasteiger charge is -2.32. The summed E-state index contributed by atoms with van der Waals surface area (Å²) >= 11 is 0. The summed E-state index contributed by atoms with van der Waals surface area (Å²) in [6.45, 7) is 0.586. The van der Waals surface area contributed by atoms with Crippen LogP contribution in [0, 0.1) is 10.1 Å². The molecule has 0 radical (unpaired) electrons. The minimum atomic E-state index is -0.542. The van der Waals surface area contributed by atoms with Crippen LogP contribution in [0.1, 0.15) is 23.8 Å². The Morgan fingerprint density at radius 1 is 1.38 bits per heavy atom. The molecule has 0 spiro atoms. The first-order chi connectivity index (χ1) is 12.6. The van der Waals surface area contributed by atoms with Crippen molar-refractivity contribution in [2.75, 3.05) is 7.05 Å². The molecule has 0 N–H and O–H groups in total. The Bertz CT molecular complexity index is 894. The summed E-state index contributed by atoms with van der Waals surface area (Å²) in [6.07, 6.45) is 7.28. The Morgan fingerprint density at radius 2 is 2.27 bits per heavy atom. The van der Waals surface area contributed by atoms with Crippen LogP contribution in [0.2, 0.25) is 0 Å². The van der Waals surface area contributed by atoms with Gasteiger partial charge in [-0.05, 0) is 17.7 Å². The molecule has 3 heterocycles. The summed E-state index contributed by atoms with van der Waals surface area (Å²) in [5.41, 5.74) is 0.281. The average molecular weight is 354 g/mol. The van der Waals surface area contributed by atoms with Gasteiger partial charge in [-0.1, -0.05) is 12.1 Å². The molecule has 0 saturated carbocycles. The molecule has 1 aliphatic heterocycles. The van der Waals surface area contributed by atoms with Gasteiger partial charge in [0.15, 0.2) is 0 Å². The number of nitrogens with zero attached hydrogens (tertiary/aromatic N) is 4. The summed E-state index contributed by atoms with van der Waals surface area (Å²) in [5, 5.41) is 12.9. The number of nitro benzene ring substituents is 1. The number of furan rings is 1. The van der Waals surface area contributed by atoms with E-state index in [4.69, 9.17) is 9.25 Å². The number of imidazole rings is 1. The summed E-state index contributed by atoms with van der Waals surface area (Å²) in [7, 11) is 1.86. The Hall–Kier alpha value is -2.97. The van der Waals surface area contributed by atoms with E-state index >= 15 is 0 Å². The van der Waals surface area contributed by atoms with Crippen LogP contribution < -0.4 is 0 Å². The van der Waals surface area contributed by atoms with Gasteiger partial charge in [-0.25, -0.2) is 4.98 Å². The number of hydroxylamine groups is 2. The molecule has 2 aromatic heterocycles. The van der Waals surface area contributed by atoms with E-state index < -0.39 is 10.5 Å². The highest BCUT2D eigenvalue weighted by Crippen LogP contribution is 2.47. The van der Waals surface area contributed by atoms with Crippen LogP contribution in [0.15, 0.2) is 65.8 Å². The van der Waals surface area contributed by atoms with E-state index in [1.807, 2.05) is 36.0 Å². The Kier molecular flexibility index (Phi) is 4.06. The lowest BCUT2D eigenvalue weighted by molar-refractivity contribution is -0.385. The third-order valence-electron chi connectivity index (χ3n) is 4.85. The van der Waals surface area contributed by atoms with Crippen molar-refractivity contribution in [1.29, 1.82) is 0 Å². The van der Waals surface area contributed by atoms with Gasteiger partial charge in [0, 0.05) is 38.0 Å². The van der Waals surface area contributed by atoms with Crippen LogP contribution in [0.25, 0.3) is 0 Å². The Labute approximate surface area is 149 Å². The van der Waals surface area contributed by atoms with Gasteiger partial charge in [-0.3, -0.25) is 15.0 Å². The highest BCUT2D eigenvalue weighted by atomic mass is 16.7. The van der Waals surface area contributed by atoms with E-state index in [0.717, 1.165) is 11.3 Å². The van der Waals surface area contributed by atoms with E-state index in [9.17, 15) is 10.1 Å². The second-order valence-corrected chi connectivity index (χ2v) is 6.39. The lowest BCUT2D eigenvalue weighted by Crippen LogP contribution is -2.41. The smallest absolute Gasteiger partial charge is 0.269 e. The van der Waals surface area contributed by atoms with Crippen molar-refractivity contribution in [2.24, 2.45) is 0 Å². The molecule has 1 aliphatic rings. The molecule has 8 nitrogen and oxygen atoms in total. The zero-order chi connectivity index (χ0) is 18.1. The number of benzene rings is 1. The van der Waals surface area contributed by atoms with E-state index in [0.29, 0.717) is 13.0 Å². The fraction of sp³-hybridized carbons (Fsp3) is 0.278. The van der Waals surface area contributed by atoms with Crippen LogP contribution >= 0.6 is 0 Å². The van der Waals surface area contributed by atoms with Crippen LogP contribution in [-0.2, 0) is 16.9 Å². The average Bonchev–Trinajstić information content (AvgIpc) is 3.38. The number of aromatic nitrogens is 2. The zero-order valence-corrected chi connectivity index (χ0v) is 14.2. The van der Waals surface area contributed by atoms with Crippen molar-refractivity contribution >= 4 is 5.69 Å². The fourth-order valence-corrected chi connectivity index (χ4v) is 3.51. The van der Waals surface area contributed by atoms with Gasteiger partial charge in [-0.2, -0.15) is 5.06 Å². The third-order valence-corrected chi connectivity index (χ3v) is 4.85. The van der Waals surface area contributed by atoms with Crippen LogP contribution in [-0.4, -0.2) is 26.6 Å². The number of likely N-dealkylation sites (N-methyl/N-ethyl adjacent to an activating group) is 1. The lowest BCUT2D eigenvalue weighted by atomic mass is 9.88. The van der Waals surface area contributed by atoms with Crippen LogP contribution in [0.5, 0.6) is 0 Å². The highest BCUT2D eigenvalue weighted by molar-refractivity contribution is 5.36. The maximum atomic E-state index is 11.1. The standard InChI is InChI=1S/C18H18N4O4/c1-20-18(17-6-3-9-25-17,12-21-8-7-19-13-21)11-16(26-20)14-4-2-5-15(10-14)22(23)24/h2-10,13,16H,11-12H2,1H3/t16-,18?/m0/s1. The Balaban J connectivity index is 1.70. The molecule has 26 heavy (non-hydrogen) atoms. The summed E-state index contributed by atoms with van der Waals surface area (Å²) < 4.78 is 7.69. The molecule has 1 aromatic carbocycles. The van der Waals surface area contributed by atoms with Crippen molar-refractivity contribution in [2.45, 2.75) is 24.6 Å². The third kappa shape index (κ3) is 2.79. The van der Waals surface area contributed by atoms with Crippen molar-refractivity contribution in [3.05, 3.63) is 82.8 Å². The minimum Gasteiger partial charge on any atom is -0.467 e. The molecule has 134 valence electrons. The molecule has 8 heteroatoms. The second kappa shape index (κ2) is 6.40. The highest BCUT2D eigenvalue weighted by Gasteiger charge is 2.49. The van der Waals surface area contributed by atoms with Crippen molar-refractivity contribution in [1.82, 2.24) is 14.6 Å². The first-order valence-electron chi connectivity index (χ1n) is 8.23. The normalized spacial score (nSPS) is 23.3. The van der Waals surface area contributed by atoms with Gasteiger partial charge in [-0.15, -0.1) is 0 Å². The number of nitro groups is 1. The second-order valence-electron chi connectivity index (χ2n) is 6.39. The van der Waals surface area contributed by atoms with E-state index in [2.05, 4.69) is 4.98 Å². The summed E-state index contributed by atoms with van der Waals surface area (Å²) in [5.74, 6) is 0.779. The molecule has 1 unspecified atom stereocenters. The molecule has 0 bridgehead atoms. The quantitative estimate of drug-likeness (QED) is 0.516. The number of rotatable bonds is 5. The summed E-state index contributed by atoms with van der Waals surface area (Å²) in [4.78, 5) is 20.9. The number of hydrogen-bond acceptors (Lipinski definition) is 6. The largest absolute Gasteiger partial charge is 0.467 e. The van der Waals surface area contributed by atoms with Gasteiger partial charge in [0.1, 0.15) is 17.4 Å². The van der Waals surface area contributed by atoms with E-state index in [1.54, 1.807) is 36.0 Å². The molecule has 2 atom stereocenters. The first-order valence-corrected chi connectivity index (χ1v) is 8.23. The predicted octanol–water partition coefficient (Wildman–Crippen LogP) is 3.29. The Morgan fingerprint density at radius 3 is 2.96 bits per heavy atom. The molecule has 1 saturated heterocycles. The molecule has 3 aromatic rings. The number of hydrogen-bond donors (Lipinski definition) is 0. The maximum absolute atomic E-state index is 11.1. The fourth-order valence-electron chi connectivity index (χ4n) is 3.51. The molecule has 4 rings (SSSR count). The molecule has 0 amide bonds. The summed E-state index contributed by atoms with van der Waals surface area (Å²) in [6, 6.07) is 10.3. The molecule has 0 aliphatic carbocycles. The van der Waals surface area contributed by atoms with Gasteiger partial charge in [0.05, 0.1) is 24.1 Å². The monoisotopic (exact) mass is 354 g/mol. The molecular formula is C18H18N4O4. The van der Waals surface area contributed by atoms with Crippen LogP contribution in [0.4, 0.5) is 5.69 Å². The van der Waals surface area contributed by atoms with Gasteiger partial charge < -0.3 is 8.98 Å². The van der Waals surface area contributed by atoms with Gasteiger partial charge in [0.25, 0.3) is 5.69 Å². The number of non-ortho nitro benzene ring substituents is 1. The minimum absolute atomic E-state index is 0.0545. The van der Waals surface area contributed by atoms with E-state index in [1.165, 1.54) is 6.07 Å². The topological polar surface area (TPSA) is 86.6 Å². The van der Waals surface area contributed by atoms with Gasteiger partial charge in [0.2, 0.25) is 0 Å². The maximum Gasteiger partial charge on any atom is 0.269 e. The first kappa shape index (κ1) is 16.5. The van der Waals surface area contributed by atoms with Gasteiger partial charge >= 0.3 is 0 Å². The van der Waals surface area contributed by atoms with Crippen molar-refractivity contribution in [3.8, 4) is 0 Å². The molecule has 1 fully saturated rings.